The second-order valence-corrected chi connectivity index (χ2v) is 9.07. The van der Waals surface area contributed by atoms with E-state index in [4.69, 9.17) is 19.9 Å². The Bertz CT molecular complexity index is 976. The molecule has 3 rings (SSSR count). The van der Waals surface area contributed by atoms with E-state index in [1.54, 1.807) is 7.05 Å². The van der Waals surface area contributed by atoms with Crippen molar-refractivity contribution < 1.29 is 36.6 Å². The fourth-order valence-electron chi connectivity index (χ4n) is 4.32. The van der Waals surface area contributed by atoms with E-state index < -0.39 is 36.8 Å². The van der Waals surface area contributed by atoms with Gasteiger partial charge in [-0.15, -0.1) is 0 Å². The summed E-state index contributed by atoms with van der Waals surface area (Å²) >= 11 is 0. The number of nitrogens with two attached hydrogens (primary N) is 1. The first-order valence-electron chi connectivity index (χ1n) is 12.1. The van der Waals surface area contributed by atoms with Crippen LogP contribution in [0.5, 0.6) is 0 Å². The van der Waals surface area contributed by atoms with Crippen LogP contribution in [0.4, 0.5) is 17.6 Å². The molecule has 0 aromatic heterocycles. The van der Waals surface area contributed by atoms with E-state index in [9.17, 15) is 22.4 Å². The highest BCUT2D eigenvalue weighted by molar-refractivity contribution is 6.12. The molecule has 1 aliphatic heterocycles. The van der Waals surface area contributed by atoms with Crippen molar-refractivity contribution >= 4 is 18.1 Å². The molecule has 206 valence electrons. The van der Waals surface area contributed by atoms with Crippen molar-refractivity contribution in [1.82, 2.24) is 10.2 Å². The van der Waals surface area contributed by atoms with Crippen molar-refractivity contribution in [1.29, 1.82) is 0 Å². The minimum Gasteiger partial charge on any atom is -0.489 e. The Balaban J connectivity index is 1.47. The maximum absolute atomic E-state index is 14.9. The molecule has 3 atom stereocenters. The van der Waals surface area contributed by atoms with Gasteiger partial charge in [0.1, 0.15) is 30.2 Å². The van der Waals surface area contributed by atoms with Crippen LogP contribution in [0.2, 0.25) is 0 Å². The number of likely N-dealkylation sites (N-methyl/N-ethyl adjacent to an activating group) is 1. The summed E-state index contributed by atoms with van der Waals surface area (Å²) < 4.78 is 71.0. The number of hydrogen-bond donors (Lipinski definition) is 2. The Morgan fingerprint density at radius 3 is 2.59 bits per heavy atom. The summed E-state index contributed by atoms with van der Waals surface area (Å²) in [5.74, 6) is -1.68. The highest BCUT2D eigenvalue weighted by Gasteiger charge is 2.45. The number of rotatable bonds is 10. The molecule has 3 N–H and O–H groups in total. The number of alkyl halides is 3. The lowest BCUT2D eigenvalue weighted by Gasteiger charge is -2.32. The van der Waals surface area contributed by atoms with Crippen LogP contribution in [0.15, 0.2) is 45.1 Å². The number of hydrogen-bond acceptors (Lipinski definition) is 8. The van der Waals surface area contributed by atoms with E-state index in [1.807, 2.05) is 6.92 Å². The molecule has 0 aromatic rings. The van der Waals surface area contributed by atoms with Gasteiger partial charge in [-0.1, -0.05) is 0 Å². The largest absolute Gasteiger partial charge is 0.489 e. The van der Waals surface area contributed by atoms with Crippen molar-refractivity contribution in [2.24, 2.45) is 15.7 Å². The molecule has 0 spiro atoms. The van der Waals surface area contributed by atoms with Gasteiger partial charge in [-0.2, -0.15) is 4.99 Å². The molecule has 9 nitrogen and oxygen atoms in total. The van der Waals surface area contributed by atoms with Gasteiger partial charge in [0, 0.05) is 38.6 Å². The molecule has 1 saturated carbocycles. The van der Waals surface area contributed by atoms with E-state index >= 15 is 0 Å². The predicted octanol–water partition coefficient (Wildman–Crippen LogP) is 2.75. The number of aliphatic imine (C=N–C) groups is 2. The zero-order valence-electron chi connectivity index (χ0n) is 21.0. The third kappa shape index (κ3) is 7.24. The van der Waals surface area contributed by atoms with E-state index in [-0.39, 0.29) is 41.4 Å². The molecule has 2 aliphatic carbocycles. The summed E-state index contributed by atoms with van der Waals surface area (Å²) in [6.45, 7) is 1.11. The van der Waals surface area contributed by atoms with Crippen molar-refractivity contribution in [3.63, 3.8) is 0 Å². The van der Waals surface area contributed by atoms with Crippen molar-refractivity contribution in [2.75, 3.05) is 27.3 Å². The van der Waals surface area contributed by atoms with E-state index in [0.717, 1.165) is 6.08 Å². The lowest BCUT2D eigenvalue weighted by Crippen LogP contribution is -2.44. The molecule has 37 heavy (non-hydrogen) atoms. The number of carbonyl (C=O) groups excluding carboxylic acids is 1. The van der Waals surface area contributed by atoms with Gasteiger partial charge in [0.25, 0.3) is 18.4 Å². The smallest absolute Gasteiger partial charge is 0.293 e. The Morgan fingerprint density at radius 1 is 1.30 bits per heavy atom. The maximum atomic E-state index is 14.9. The van der Waals surface area contributed by atoms with Gasteiger partial charge in [-0.25, -0.2) is 17.6 Å². The summed E-state index contributed by atoms with van der Waals surface area (Å²) in [5, 5.41) is 2.80. The Morgan fingerprint density at radius 2 is 1.97 bits per heavy atom. The van der Waals surface area contributed by atoms with Gasteiger partial charge in [-0.3, -0.25) is 9.79 Å². The summed E-state index contributed by atoms with van der Waals surface area (Å²) in [6.07, 6.45) is 1.06. The normalized spacial score (nSPS) is 27.2. The standard InChI is InChI=1S/C24H33F4N5O4/c1-13(31-23(34)14(9-29)10-30-2)11-35-15-4-6-16(7-5-15)37-24-32-21-17(25)8-18(36-12-19(26)27)20(28)22(21)33(24)3/h8-10,13,15-16,19-20,22H,4-7,11-12,29H2,1-3H3,(H,31,34)/t13-,15?,16?,20?,22?/m0/s1. The number of carbonyl (C=O) groups is 1. The number of amides is 1. The summed E-state index contributed by atoms with van der Waals surface area (Å²) in [5.41, 5.74) is 5.55. The van der Waals surface area contributed by atoms with Crippen LogP contribution in [0.1, 0.15) is 32.6 Å². The molecule has 2 unspecified atom stereocenters. The summed E-state index contributed by atoms with van der Waals surface area (Å²) in [4.78, 5) is 21.4. The first-order chi connectivity index (χ1) is 17.6. The molecule has 1 heterocycles. The zero-order valence-corrected chi connectivity index (χ0v) is 21.0. The number of halogens is 4. The minimum absolute atomic E-state index is 0.0270. The Labute approximate surface area is 213 Å². The monoisotopic (exact) mass is 531 g/mol. The SMILES string of the molecule is CN=CC(=CN)C(=O)N[C@@H](C)COC1CCC(OC2=NC3=C(F)C=C(OCC(F)F)C(F)C3N2C)CC1. The molecule has 1 fully saturated rings. The first kappa shape index (κ1) is 28.5. The lowest BCUT2D eigenvalue weighted by molar-refractivity contribution is -0.118. The molecule has 3 aliphatic rings. The van der Waals surface area contributed by atoms with Gasteiger partial charge in [0.2, 0.25) is 0 Å². The van der Waals surface area contributed by atoms with E-state index in [0.29, 0.717) is 32.3 Å². The summed E-state index contributed by atoms with van der Waals surface area (Å²) in [6, 6.07) is -1.32. The number of fused-ring (bicyclic) bond motifs is 1. The second kappa shape index (κ2) is 12.9. The first-order valence-corrected chi connectivity index (χ1v) is 12.1. The molecule has 1 amide bonds. The van der Waals surface area contributed by atoms with Crippen molar-refractivity contribution in [3.8, 4) is 0 Å². The highest BCUT2D eigenvalue weighted by Crippen LogP contribution is 2.37. The molecule has 0 bridgehead atoms. The molecule has 0 radical (unpaired) electrons. The third-order valence-electron chi connectivity index (χ3n) is 6.22. The number of ether oxygens (including phenoxy) is 3. The number of nitrogens with zero attached hydrogens (tertiary/aromatic N) is 3. The van der Waals surface area contributed by atoms with Gasteiger partial charge in [0.05, 0.1) is 18.3 Å². The number of allylic oxidation sites excluding steroid dienone is 2. The van der Waals surface area contributed by atoms with E-state index in [1.165, 1.54) is 24.4 Å². The summed E-state index contributed by atoms with van der Waals surface area (Å²) in [7, 11) is 3.05. The Hall–Kier alpha value is -3.09. The average Bonchev–Trinajstić information content (AvgIpc) is 3.19. The zero-order chi connectivity index (χ0) is 27.1. The molecular weight excluding hydrogens is 498 g/mol. The van der Waals surface area contributed by atoms with Crippen LogP contribution in [-0.4, -0.2) is 87.2 Å². The van der Waals surface area contributed by atoms with Crippen LogP contribution in [0.3, 0.4) is 0 Å². The van der Waals surface area contributed by atoms with Gasteiger partial charge >= 0.3 is 0 Å². The van der Waals surface area contributed by atoms with Gasteiger partial charge in [-0.05, 0) is 32.6 Å². The number of amidine groups is 1. The molecule has 13 heteroatoms. The highest BCUT2D eigenvalue weighted by atomic mass is 19.3. The van der Waals surface area contributed by atoms with E-state index in [2.05, 4.69) is 15.3 Å². The van der Waals surface area contributed by atoms with Crippen LogP contribution < -0.4 is 11.1 Å². The quantitative estimate of drug-likeness (QED) is 0.255. The Kier molecular flexibility index (Phi) is 9.95. The minimum atomic E-state index is -2.80. The fraction of sp³-hybridized carbons (Fsp3) is 0.625. The second-order valence-electron chi connectivity index (χ2n) is 9.07. The number of nitrogens with one attached hydrogen (secondary N) is 1. The van der Waals surface area contributed by atoms with Crippen LogP contribution in [0.25, 0.3) is 0 Å². The fourth-order valence-corrected chi connectivity index (χ4v) is 4.32. The van der Waals surface area contributed by atoms with Gasteiger partial charge < -0.3 is 30.2 Å². The van der Waals surface area contributed by atoms with Crippen LogP contribution in [-0.2, 0) is 19.0 Å². The van der Waals surface area contributed by atoms with Gasteiger partial charge in [0.15, 0.2) is 12.0 Å². The average molecular weight is 532 g/mol. The van der Waals surface area contributed by atoms with Crippen molar-refractivity contribution in [2.45, 2.75) is 69.5 Å². The van der Waals surface area contributed by atoms with Crippen LogP contribution >= 0.6 is 0 Å². The van der Waals surface area contributed by atoms with Crippen molar-refractivity contribution in [3.05, 3.63) is 35.1 Å². The molecule has 0 aromatic carbocycles. The topological polar surface area (TPSA) is 111 Å². The molecule has 0 saturated heterocycles. The third-order valence-corrected chi connectivity index (χ3v) is 6.22. The lowest BCUT2D eigenvalue weighted by atomic mass is 9.95. The molecular formula is C24H33F4N5O4. The van der Waals surface area contributed by atoms with Crippen LogP contribution in [0, 0.1) is 0 Å². The maximum Gasteiger partial charge on any atom is 0.293 e. The predicted molar refractivity (Wildman–Crippen MR) is 129 cm³/mol.